The van der Waals surface area contributed by atoms with Gasteiger partial charge in [-0.15, -0.1) is 0 Å². The summed E-state index contributed by atoms with van der Waals surface area (Å²) < 4.78 is 3.37. The molecule has 2 atom stereocenters. The van der Waals surface area contributed by atoms with E-state index in [4.69, 9.17) is 5.10 Å². The van der Waals surface area contributed by atoms with Gasteiger partial charge in [0.1, 0.15) is 5.82 Å². The zero-order valence-electron chi connectivity index (χ0n) is 11.3. The van der Waals surface area contributed by atoms with E-state index in [2.05, 4.69) is 52.0 Å². The fraction of sp³-hybridized carbons (Fsp3) is 0.769. The van der Waals surface area contributed by atoms with Crippen molar-refractivity contribution in [3.63, 3.8) is 0 Å². The molecule has 3 heterocycles. The van der Waals surface area contributed by atoms with Crippen LogP contribution in [0, 0.1) is 5.92 Å². The zero-order chi connectivity index (χ0) is 12.9. The fourth-order valence-corrected chi connectivity index (χ4v) is 3.96. The van der Waals surface area contributed by atoms with E-state index < -0.39 is 0 Å². The number of hydrogen-bond acceptors (Lipinski definition) is 3. The average Bonchev–Trinajstić information content (AvgIpc) is 2.67. The Morgan fingerprint density at radius 3 is 2.83 bits per heavy atom. The Morgan fingerprint density at radius 1 is 1.33 bits per heavy atom. The number of nitrogens with zero attached hydrogens (tertiary/aromatic N) is 2. The zero-order valence-corrected chi connectivity index (χ0v) is 12.8. The molecule has 2 aliphatic rings. The van der Waals surface area contributed by atoms with Gasteiger partial charge in [0.05, 0.1) is 16.2 Å². The predicted octanol–water partition coefficient (Wildman–Crippen LogP) is 2.52. The molecule has 1 aromatic heterocycles. The van der Waals surface area contributed by atoms with E-state index in [9.17, 15) is 0 Å². The van der Waals surface area contributed by atoms with Crippen LogP contribution in [0.15, 0.2) is 4.47 Å². The van der Waals surface area contributed by atoms with E-state index >= 15 is 0 Å². The molecule has 4 nitrogen and oxygen atoms in total. The standard InChI is InChI=1S/C13H21BrN4/c1-13(2,3)11-10(14)12-16-7-8-6-15-5-4-9(8)18(12)17-11/h8-9,15-16H,4-7H2,1-3H3. The Bertz CT molecular complexity index is 460. The maximum atomic E-state index is 4.89. The van der Waals surface area contributed by atoms with Crippen LogP contribution in [-0.4, -0.2) is 29.4 Å². The Kier molecular flexibility index (Phi) is 2.94. The molecule has 0 spiro atoms. The molecule has 1 fully saturated rings. The molecule has 0 bridgehead atoms. The molecular formula is C13H21BrN4. The molecule has 1 saturated heterocycles. The maximum absolute atomic E-state index is 4.89. The molecule has 2 aliphatic heterocycles. The fourth-order valence-electron chi connectivity index (χ4n) is 2.96. The minimum atomic E-state index is 0.0767. The number of anilines is 1. The smallest absolute Gasteiger partial charge is 0.139 e. The van der Waals surface area contributed by atoms with Gasteiger partial charge < -0.3 is 10.6 Å². The van der Waals surface area contributed by atoms with Crippen LogP contribution in [0.5, 0.6) is 0 Å². The largest absolute Gasteiger partial charge is 0.369 e. The Morgan fingerprint density at radius 2 is 2.11 bits per heavy atom. The van der Waals surface area contributed by atoms with Crippen LogP contribution in [-0.2, 0) is 5.41 Å². The highest BCUT2D eigenvalue weighted by Crippen LogP contribution is 2.41. The van der Waals surface area contributed by atoms with E-state index in [0.29, 0.717) is 12.0 Å². The number of rotatable bonds is 0. The van der Waals surface area contributed by atoms with Crippen molar-refractivity contribution in [1.29, 1.82) is 0 Å². The normalized spacial score (nSPS) is 27.3. The maximum Gasteiger partial charge on any atom is 0.139 e. The molecule has 18 heavy (non-hydrogen) atoms. The van der Waals surface area contributed by atoms with Gasteiger partial charge in [-0.05, 0) is 28.9 Å². The van der Waals surface area contributed by atoms with Crippen molar-refractivity contribution in [3.8, 4) is 0 Å². The lowest BCUT2D eigenvalue weighted by molar-refractivity contribution is 0.235. The van der Waals surface area contributed by atoms with Crippen LogP contribution in [0.1, 0.15) is 38.9 Å². The summed E-state index contributed by atoms with van der Waals surface area (Å²) in [6, 6.07) is 0.551. The van der Waals surface area contributed by atoms with Gasteiger partial charge in [0.2, 0.25) is 0 Å². The molecule has 100 valence electrons. The van der Waals surface area contributed by atoms with Crippen LogP contribution in [0.3, 0.4) is 0 Å². The molecule has 1 aromatic rings. The first-order chi connectivity index (χ1) is 8.48. The Labute approximate surface area is 117 Å². The highest BCUT2D eigenvalue weighted by molar-refractivity contribution is 9.10. The topological polar surface area (TPSA) is 41.9 Å². The first-order valence-corrected chi connectivity index (χ1v) is 7.51. The van der Waals surface area contributed by atoms with Crippen LogP contribution in [0.2, 0.25) is 0 Å². The molecule has 0 aliphatic carbocycles. The third-order valence-electron chi connectivity index (χ3n) is 3.98. The molecule has 0 saturated carbocycles. The monoisotopic (exact) mass is 312 g/mol. The second-order valence-electron chi connectivity index (χ2n) is 6.41. The van der Waals surface area contributed by atoms with E-state index in [1.807, 2.05) is 0 Å². The van der Waals surface area contributed by atoms with Crippen molar-refractivity contribution in [1.82, 2.24) is 15.1 Å². The third-order valence-corrected chi connectivity index (χ3v) is 4.73. The van der Waals surface area contributed by atoms with E-state index in [0.717, 1.165) is 29.8 Å². The van der Waals surface area contributed by atoms with E-state index in [1.165, 1.54) is 12.2 Å². The van der Waals surface area contributed by atoms with Crippen molar-refractivity contribution in [2.45, 2.75) is 38.6 Å². The molecular weight excluding hydrogens is 292 g/mol. The number of piperidine rings is 1. The summed E-state index contributed by atoms with van der Waals surface area (Å²) in [5.74, 6) is 1.83. The molecule has 3 rings (SSSR count). The lowest BCUT2D eigenvalue weighted by Crippen LogP contribution is -2.44. The first kappa shape index (κ1) is 12.5. The van der Waals surface area contributed by atoms with Gasteiger partial charge in [-0.25, -0.2) is 4.68 Å². The van der Waals surface area contributed by atoms with Crippen molar-refractivity contribution >= 4 is 21.7 Å². The summed E-state index contributed by atoms with van der Waals surface area (Å²) in [5, 5.41) is 11.9. The van der Waals surface area contributed by atoms with Gasteiger partial charge in [-0.1, -0.05) is 20.8 Å². The SMILES string of the molecule is CC(C)(C)c1nn2c(c1Br)NCC1CNCCC12. The van der Waals surface area contributed by atoms with Crippen LogP contribution in [0.25, 0.3) is 0 Å². The van der Waals surface area contributed by atoms with Crippen LogP contribution >= 0.6 is 15.9 Å². The van der Waals surface area contributed by atoms with Crippen molar-refractivity contribution < 1.29 is 0 Å². The highest BCUT2D eigenvalue weighted by Gasteiger charge is 2.36. The second-order valence-corrected chi connectivity index (χ2v) is 7.20. The number of hydrogen-bond donors (Lipinski definition) is 2. The molecule has 5 heteroatoms. The average molecular weight is 313 g/mol. The molecule has 2 unspecified atom stereocenters. The predicted molar refractivity (Wildman–Crippen MR) is 77.1 cm³/mol. The van der Waals surface area contributed by atoms with Crippen LogP contribution in [0.4, 0.5) is 5.82 Å². The van der Waals surface area contributed by atoms with Gasteiger partial charge in [0.15, 0.2) is 0 Å². The lowest BCUT2D eigenvalue weighted by atomic mass is 9.91. The van der Waals surface area contributed by atoms with Crippen molar-refractivity contribution in [2.75, 3.05) is 25.0 Å². The summed E-state index contributed by atoms with van der Waals surface area (Å²) in [4.78, 5) is 0. The summed E-state index contributed by atoms with van der Waals surface area (Å²) in [7, 11) is 0. The van der Waals surface area contributed by atoms with Gasteiger partial charge >= 0.3 is 0 Å². The minimum Gasteiger partial charge on any atom is -0.369 e. The van der Waals surface area contributed by atoms with Gasteiger partial charge in [0.25, 0.3) is 0 Å². The van der Waals surface area contributed by atoms with Gasteiger partial charge in [0, 0.05) is 24.4 Å². The number of nitrogens with one attached hydrogen (secondary N) is 2. The molecule has 0 radical (unpaired) electrons. The number of halogens is 1. The highest BCUT2D eigenvalue weighted by atomic mass is 79.9. The molecule has 0 aromatic carbocycles. The van der Waals surface area contributed by atoms with E-state index in [1.54, 1.807) is 0 Å². The van der Waals surface area contributed by atoms with Crippen molar-refractivity contribution in [3.05, 3.63) is 10.2 Å². The Hall–Kier alpha value is -0.550. The van der Waals surface area contributed by atoms with Crippen LogP contribution < -0.4 is 10.6 Å². The Balaban J connectivity index is 2.04. The lowest BCUT2D eigenvalue weighted by Gasteiger charge is -2.37. The van der Waals surface area contributed by atoms with Crippen molar-refractivity contribution in [2.24, 2.45) is 5.92 Å². The van der Waals surface area contributed by atoms with E-state index in [-0.39, 0.29) is 5.41 Å². The minimum absolute atomic E-state index is 0.0767. The molecule has 0 amide bonds. The van der Waals surface area contributed by atoms with Gasteiger partial charge in [-0.3, -0.25) is 0 Å². The quantitative estimate of drug-likeness (QED) is 0.773. The molecule has 2 N–H and O–H groups in total. The third kappa shape index (κ3) is 1.88. The summed E-state index contributed by atoms with van der Waals surface area (Å²) >= 11 is 3.73. The number of aromatic nitrogens is 2. The first-order valence-electron chi connectivity index (χ1n) is 6.71. The summed E-state index contributed by atoms with van der Waals surface area (Å²) in [5.41, 5.74) is 1.23. The number of fused-ring (bicyclic) bond motifs is 3. The second kappa shape index (κ2) is 4.23. The summed E-state index contributed by atoms with van der Waals surface area (Å²) in [6.07, 6.45) is 1.18. The van der Waals surface area contributed by atoms with Gasteiger partial charge in [-0.2, -0.15) is 5.10 Å². The summed E-state index contributed by atoms with van der Waals surface area (Å²) in [6.45, 7) is 9.89.